The number of aromatic nitrogens is 1. The molecule has 30 heavy (non-hydrogen) atoms. The first kappa shape index (κ1) is 19.4. The fourth-order valence-corrected chi connectivity index (χ4v) is 3.06. The number of ether oxygens (including phenoxy) is 1. The monoisotopic (exact) mass is 406 g/mol. The van der Waals surface area contributed by atoms with Crippen LogP contribution in [-0.4, -0.2) is 23.1 Å². The van der Waals surface area contributed by atoms with Crippen LogP contribution < -0.4 is 4.74 Å². The average molecular weight is 406 g/mol. The van der Waals surface area contributed by atoms with Gasteiger partial charge in [0, 0.05) is 17.2 Å². The number of hydrogen-bond acceptors (Lipinski definition) is 5. The molecule has 0 saturated carbocycles. The molecule has 0 aliphatic heterocycles. The minimum absolute atomic E-state index is 0.198. The third-order valence-corrected chi connectivity index (χ3v) is 4.57. The Labute approximate surface area is 172 Å². The number of furan rings is 1. The molecule has 4 aromatic rings. The van der Waals surface area contributed by atoms with Crippen LogP contribution in [0.4, 0.5) is 4.39 Å². The smallest absolute Gasteiger partial charge is 0.254 e. The van der Waals surface area contributed by atoms with Crippen LogP contribution in [0.1, 0.15) is 21.8 Å². The summed E-state index contributed by atoms with van der Waals surface area (Å²) in [5.74, 6) is 1.22. The number of halogens is 1. The Kier molecular flexibility index (Phi) is 5.61. The molecule has 0 atom stereocenters. The first-order valence-corrected chi connectivity index (χ1v) is 9.29. The molecule has 0 radical (unpaired) electrons. The molecular formula is C23H19FN2O4. The lowest BCUT2D eigenvalue weighted by atomic mass is 10.1. The third kappa shape index (κ3) is 4.41. The lowest BCUT2D eigenvalue weighted by molar-refractivity contribution is 0.0713. The van der Waals surface area contributed by atoms with Gasteiger partial charge in [0.15, 0.2) is 5.76 Å². The number of benzene rings is 2. The van der Waals surface area contributed by atoms with Crippen molar-refractivity contribution in [1.29, 1.82) is 0 Å². The van der Waals surface area contributed by atoms with E-state index in [1.165, 1.54) is 12.1 Å². The first-order chi connectivity index (χ1) is 14.6. The highest BCUT2D eigenvalue weighted by atomic mass is 19.1. The van der Waals surface area contributed by atoms with Crippen molar-refractivity contribution in [2.24, 2.45) is 0 Å². The Hall–Kier alpha value is -3.87. The highest BCUT2D eigenvalue weighted by Gasteiger charge is 2.20. The maximum atomic E-state index is 13.2. The predicted octanol–water partition coefficient (Wildman–Crippen LogP) is 4.92. The molecule has 2 heterocycles. The summed E-state index contributed by atoms with van der Waals surface area (Å²) >= 11 is 0. The minimum atomic E-state index is -0.327. The number of hydrogen-bond donors (Lipinski definition) is 0. The van der Waals surface area contributed by atoms with Crippen molar-refractivity contribution >= 4 is 5.91 Å². The van der Waals surface area contributed by atoms with Crippen molar-refractivity contribution in [2.45, 2.75) is 13.1 Å². The van der Waals surface area contributed by atoms with E-state index < -0.39 is 0 Å². The molecule has 0 aliphatic carbocycles. The van der Waals surface area contributed by atoms with Gasteiger partial charge in [-0.1, -0.05) is 11.2 Å². The Morgan fingerprint density at radius 2 is 1.90 bits per heavy atom. The minimum Gasteiger partial charge on any atom is -0.497 e. The van der Waals surface area contributed by atoms with Gasteiger partial charge >= 0.3 is 0 Å². The maximum Gasteiger partial charge on any atom is 0.254 e. The highest BCUT2D eigenvalue weighted by molar-refractivity contribution is 5.94. The van der Waals surface area contributed by atoms with Gasteiger partial charge in [-0.15, -0.1) is 0 Å². The topological polar surface area (TPSA) is 68.7 Å². The predicted molar refractivity (Wildman–Crippen MR) is 107 cm³/mol. The van der Waals surface area contributed by atoms with E-state index in [0.717, 1.165) is 0 Å². The number of carbonyl (C=O) groups excluding carboxylic acids is 1. The molecule has 1 amide bonds. The first-order valence-electron chi connectivity index (χ1n) is 9.29. The second-order valence-corrected chi connectivity index (χ2v) is 6.66. The molecule has 0 N–H and O–H groups in total. The summed E-state index contributed by atoms with van der Waals surface area (Å²) in [6.45, 7) is 0.475. The number of rotatable bonds is 7. The number of methoxy groups -OCH3 is 1. The van der Waals surface area contributed by atoms with Crippen LogP contribution in [0.2, 0.25) is 0 Å². The Balaban J connectivity index is 1.58. The quantitative estimate of drug-likeness (QED) is 0.436. The summed E-state index contributed by atoms with van der Waals surface area (Å²) in [5, 5.41) is 4.08. The van der Waals surface area contributed by atoms with E-state index in [9.17, 15) is 9.18 Å². The van der Waals surface area contributed by atoms with E-state index in [4.69, 9.17) is 13.7 Å². The molecule has 0 unspecified atom stereocenters. The zero-order chi connectivity index (χ0) is 20.9. The van der Waals surface area contributed by atoms with Crippen molar-refractivity contribution in [3.63, 3.8) is 0 Å². The molecular weight excluding hydrogens is 387 g/mol. The van der Waals surface area contributed by atoms with Gasteiger partial charge in [-0.05, 0) is 54.6 Å². The average Bonchev–Trinajstić information content (AvgIpc) is 3.46. The van der Waals surface area contributed by atoms with Crippen molar-refractivity contribution < 1.29 is 22.9 Å². The summed E-state index contributed by atoms with van der Waals surface area (Å²) in [6, 6.07) is 18.2. The van der Waals surface area contributed by atoms with Crippen LogP contribution in [0.3, 0.4) is 0 Å². The van der Waals surface area contributed by atoms with Gasteiger partial charge in [0.1, 0.15) is 23.0 Å². The summed E-state index contributed by atoms with van der Waals surface area (Å²) in [5.41, 5.74) is 1.76. The van der Waals surface area contributed by atoms with Gasteiger partial charge in [-0.3, -0.25) is 4.79 Å². The largest absolute Gasteiger partial charge is 0.497 e. The van der Waals surface area contributed by atoms with Crippen LogP contribution in [0.5, 0.6) is 5.75 Å². The maximum absolute atomic E-state index is 13.2. The second kappa shape index (κ2) is 8.65. The van der Waals surface area contributed by atoms with Crippen molar-refractivity contribution in [1.82, 2.24) is 10.1 Å². The molecule has 2 aromatic heterocycles. The van der Waals surface area contributed by atoms with Gasteiger partial charge in [0.05, 0.1) is 26.5 Å². The Morgan fingerprint density at radius 3 is 2.63 bits per heavy atom. The SMILES string of the molecule is COc1cccc(C(=O)N(Cc2cc(-c3ccc(F)cc3)on2)Cc2ccco2)c1. The molecule has 0 saturated heterocycles. The summed E-state index contributed by atoms with van der Waals surface area (Å²) < 4.78 is 29.2. The molecule has 0 bridgehead atoms. The number of nitrogens with zero attached hydrogens (tertiary/aromatic N) is 2. The van der Waals surface area contributed by atoms with Crippen LogP contribution in [-0.2, 0) is 13.1 Å². The molecule has 2 aromatic carbocycles. The van der Waals surface area contributed by atoms with Gasteiger partial charge < -0.3 is 18.6 Å². The lowest BCUT2D eigenvalue weighted by Crippen LogP contribution is -2.30. The van der Waals surface area contributed by atoms with Crippen molar-refractivity contribution in [2.75, 3.05) is 7.11 Å². The van der Waals surface area contributed by atoms with Crippen molar-refractivity contribution in [3.8, 4) is 17.1 Å². The van der Waals surface area contributed by atoms with Crippen molar-refractivity contribution in [3.05, 3.63) is 95.8 Å². The second-order valence-electron chi connectivity index (χ2n) is 6.66. The van der Waals surface area contributed by atoms with Gasteiger partial charge in [0.25, 0.3) is 5.91 Å². The van der Waals surface area contributed by atoms with E-state index in [0.29, 0.717) is 34.1 Å². The highest BCUT2D eigenvalue weighted by Crippen LogP contribution is 2.23. The summed E-state index contributed by atoms with van der Waals surface area (Å²) in [4.78, 5) is 14.8. The lowest BCUT2D eigenvalue weighted by Gasteiger charge is -2.21. The van der Waals surface area contributed by atoms with Crippen LogP contribution in [0, 0.1) is 5.82 Å². The van der Waals surface area contributed by atoms with Gasteiger partial charge in [-0.2, -0.15) is 0 Å². The molecule has 152 valence electrons. The van der Waals surface area contributed by atoms with Crippen LogP contribution >= 0.6 is 0 Å². The fraction of sp³-hybridized carbons (Fsp3) is 0.130. The van der Waals surface area contributed by atoms with E-state index in [1.807, 2.05) is 0 Å². The Morgan fingerprint density at radius 1 is 1.07 bits per heavy atom. The summed E-state index contributed by atoms with van der Waals surface area (Å²) in [7, 11) is 1.55. The fourth-order valence-electron chi connectivity index (χ4n) is 3.06. The van der Waals surface area contributed by atoms with Gasteiger partial charge in [0.2, 0.25) is 0 Å². The molecule has 0 aliphatic rings. The molecule has 7 heteroatoms. The van der Waals surface area contributed by atoms with Crippen LogP contribution in [0.25, 0.3) is 11.3 Å². The zero-order valence-electron chi connectivity index (χ0n) is 16.2. The molecule has 0 spiro atoms. The van der Waals surface area contributed by atoms with Crippen LogP contribution in [0.15, 0.2) is 81.9 Å². The van der Waals surface area contributed by atoms with Gasteiger partial charge in [-0.25, -0.2) is 4.39 Å². The van der Waals surface area contributed by atoms with E-state index in [2.05, 4.69) is 5.16 Å². The normalized spacial score (nSPS) is 10.7. The van der Waals surface area contributed by atoms with E-state index >= 15 is 0 Å². The third-order valence-electron chi connectivity index (χ3n) is 4.57. The number of amides is 1. The summed E-state index contributed by atoms with van der Waals surface area (Å²) in [6.07, 6.45) is 1.56. The standard InChI is InChI=1S/C23H19FN2O4/c1-28-20-5-2-4-17(12-20)23(27)26(15-21-6-3-11-29-21)14-19-13-22(30-25-19)16-7-9-18(24)10-8-16/h2-13H,14-15H2,1H3. The zero-order valence-corrected chi connectivity index (χ0v) is 16.2. The molecule has 6 nitrogen and oxygen atoms in total. The van der Waals surface area contributed by atoms with E-state index in [-0.39, 0.29) is 24.8 Å². The Bertz CT molecular complexity index is 1120. The van der Waals surface area contributed by atoms with E-state index in [1.54, 1.807) is 72.9 Å². The molecule has 4 rings (SSSR count). The molecule has 0 fully saturated rings. The number of carbonyl (C=O) groups is 1.